The van der Waals surface area contributed by atoms with E-state index in [-0.39, 0.29) is 24.4 Å². The van der Waals surface area contributed by atoms with Crippen molar-refractivity contribution in [2.24, 2.45) is 5.92 Å². The zero-order valence-electron chi connectivity index (χ0n) is 13.8. The molecule has 1 heterocycles. The van der Waals surface area contributed by atoms with Crippen molar-refractivity contribution in [3.8, 4) is 0 Å². The van der Waals surface area contributed by atoms with Crippen molar-refractivity contribution in [3.05, 3.63) is 33.8 Å². The number of hydrogen-bond acceptors (Lipinski definition) is 4. The molecule has 1 atom stereocenters. The van der Waals surface area contributed by atoms with Gasteiger partial charge in [-0.2, -0.15) is 0 Å². The lowest BCUT2D eigenvalue weighted by molar-refractivity contribution is -0.145. The molecule has 0 radical (unpaired) electrons. The van der Waals surface area contributed by atoms with Gasteiger partial charge in [0.05, 0.1) is 6.61 Å². The summed E-state index contributed by atoms with van der Waals surface area (Å²) in [7, 11) is 0. The first-order valence-electron chi connectivity index (χ1n) is 8.14. The Balaban J connectivity index is 0.00000288. The maximum atomic E-state index is 12.2. The second-order valence-corrected chi connectivity index (χ2v) is 6.76. The molecule has 24 heavy (non-hydrogen) atoms. The van der Waals surface area contributed by atoms with Gasteiger partial charge in [0.15, 0.2) is 0 Å². The molecule has 0 amide bonds. The van der Waals surface area contributed by atoms with Crippen LogP contribution in [0.4, 0.5) is 0 Å². The van der Waals surface area contributed by atoms with Gasteiger partial charge in [-0.05, 0) is 75.5 Å². The number of carbonyl (C=O) groups excluding carboxylic acids is 1. The lowest BCUT2D eigenvalue weighted by atomic mass is 9.97. The standard InChI is InChI=1S/C17H24Cl2N2O2.ClH/c1-2-23-17(22)16(21-11-12-3-5-20-6-4-12)9-13-7-14(18)10-15(19)8-13;/h7-8,10,12,16,20-21H,2-6,9,11H2,1H3;1H. The van der Waals surface area contributed by atoms with E-state index in [1.165, 1.54) is 0 Å². The Kier molecular flexibility index (Phi) is 10.0. The van der Waals surface area contributed by atoms with Crippen LogP contribution in [0.2, 0.25) is 10.0 Å². The molecule has 1 fully saturated rings. The third-order valence-electron chi connectivity index (χ3n) is 4.04. The zero-order valence-corrected chi connectivity index (χ0v) is 16.1. The average molecular weight is 396 g/mol. The normalized spacial score (nSPS) is 16.3. The summed E-state index contributed by atoms with van der Waals surface area (Å²) >= 11 is 12.1. The predicted octanol–water partition coefficient (Wildman–Crippen LogP) is 3.48. The van der Waals surface area contributed by atoms with Gasteiger partial charge in [-0.15, -0.1) is 12.4 Å². The maximum Gasteiger partial charge on any atom is 0.323 e. The second kappa shape index (κ2) is 11.2. The molecule has 0 saturated carbocycles. The largest absolute Gasteiger partial charge is 0.465 e. The van der Waals surface area contributed by atoms with Crippen LogP contribution in [-0.2, 0) is 16.0 Å². The van der Waals surface area contributed by atoms with E-state index in [4.69, 9.17) is 27.9 Å². The summed E-state index contributed by atoms with van der Waals surface area (Å²) in [4.78, 5) is 12.2. The highest BCUT2D eigenvalue weighted by Gasteiger charge is 2.22. The molecule has 1 aliphatic heterocycles. The van der Waals surface area contributed by atoms with Crippen LogP contribution in [0.1, 0.15) is 25.3 Å². The third-order valence-corrected chi connectivity index (χ3v) is 4.48. The molecule has 1 aromatic rings. The summed E-state index contributed by atoms with van der Waals surface area (Å²) < 4.78 is 5.20. The Morgan fingerprint density at radius 2 is 1.92 bits per heavy atom. The Labute approximate surface area is 160 Å². The number of carbonyl (C=O) groups is 1. The Hall–Kier alpha value is -0.520. The Bertz CT molecular complexity index is 502. The smallest absolute Gasteiger partial charge is 0.323 e. The van der Waals surface area contributed by atoms with Crippen LogP contribution in [-0.4, -0.2) is 38.3 Å². The van der Waals surface area contributed by atoms with Gasteiger partial charge in [-0.3, -0.25) is 4.79 Å². The van der Waals surface area contributed by atoms with Crippen molar-refractivity contribution >= 4 is 41.6 Å². The quantitative estimate of drug-likeness (QED) is 0.694. The van der Waals surface area contributed by atoms with E-state index in [0.29, 0.717) is 29.0 Å². The molecule has 1 aliphatic rings. The van der Waals surface area contributed by atoms with Crippen LogP contribution >= 0.6 is 35.6 Å². The first kappa shape index (κ1) is 21.5. The molecule has 2 N–H and O–H groups in total. The first-order chi connectivity index (χ1) is 11.1. The van der Waals surface area contributed by atoms with Crippen molar-refractivity contribution in [1.82, 2.24) is 10.6 Å². The fraction of sp³-hybridized carbons (Fsp3) is 0.588. The summed E-state index contributed by atoms with van der Waals surface area (Å²) in [6, 6.07) is 4.99. The fourth-order valence-corrected chi connectivity index (χ4v) is 3.41. The minimum absolute atomic E-state index is 0. The summed E-state index contributed by atoms with van der Waals surface area (Å²) in [6.45, 7) is 5.10. The SMILES string of the molecule is CCOC(=O)C(Cc1cc(Cl)cc(Cl)c1)NCC1CCNCC1.Cl. The van der Waals surface area contributed by atoms with Crippen LogP contribution < -0.4 is 10.6 Å². The van der Waals surface area contributed by atoms with Crippen LogP contribution in [0.25, 0.3) is 0 Å². The molecule has 0 aromatic heterocycles. The molecule has 0 spiro atoms. The highest BCUT2D eigenvalue weighted by molar-refractivity contribution is 6.34. The minimum Gasteiger partial charge on any atom is -0.465 e. The second-order valence-electron chi connectivity index (χ2n) is 5.89. The van der Waals surface area contributed by atoms with E-state index in [1.54, 1.807) is 6.07 Å². The lowest BCUT2D eigenvalue weighted by Gasteiger charge is -2.25. The van der Waals surface area contributed by atoms with Crippen LogP contribution in [0.3, 0.4) is 0 Å². The fourth-order valence-electron chi connectivity index (χ4n) is 2.84. The number of benzene rings is 1. The van der Waals surface area contributed by atoms with Gasteiger partial charge in [0.2, 0.25) is 0 Å². The van der Waals surface area contributed by atoms with Crippen LogP contribution in [0.5, 0.6) is 0 Å². The maximum absolute atomic E-state index is 12.2. The van der Waals surface area contributed by atoms with E-state index >= 15 is 0 Å². The summed E-state index contributed by atoms with van der Waals surface area (Å²) in [6.07, 6.45) is 2.78. The predicted molar refractivity (Wildman–Crippen MR) is 101 cm³/mol. The summed E-state index contributed by atoms with van der Waals surface area (Å²) in [5.74, 6) is 0.369. The molecule has 4 nitrogen and oxygen atoms in total. The Morgan fingerprint density at radius 1 is 1.29 bits per heavy atom. The minimum atomic E-state index is -0.376. The number of piperidine rings is 1. The van der Waals surface area contributed by atoms with Gasteiger partial charge < -0.3 is 15.4 Å². The van der Waals surface area contributed by atoms with Crippen LogP contribution in [0.15, 0.2) is 18.2 Å². The van der Waals surface area contributed by atoms with E-state index in [9.17, 15) is 4.79 Å². The molecule has 7 heteroatoms. The molecular weight excluding hydrogens is 371 g/mol. The molecule has 0 aliphatic carbocycles. The molecule has 0 bridgehead atoms. The van der Waals surface area contributed by atoms with Gasteiger partial charge in [0.25, 0.3) is 0 Å². The summed E-state index contributed by atoms with van der Waals surface area (Å²) in [5.41, 5.74) is 0.929. The Morgan fingerprint density at radius 3 is 2.50 bits per heavy atom. The van der Waals surface area contributed by atoms with E-state index in [2.05, 4.69) is 10.6 Å². The molecule has 1 unspecified atom stereocenters. The summed E-state index contributed by atoms with van der Waals surface area (Å²) in [5, 5.41) is 7.88. The third kappa shape index (κ3) is 7.16. The monoisotopic (exact) mass is 394 g/mol. The number of nitrogens with one attached hydrogen (secondary N) is 2. The van der Waals surface area contributed by atoms with Crippen molar-refractivity contribution in [1.29, 1.82) is 0 Å². The number of rotatable bonds is 7. The van der Waals surface area contributed by atoms with Gasteiger partial charge >= 0.3 is 5.97 Å². The molecule has 136 valence electrons. The van der Waals surface area contributed by atoms with Crippen molar-refractivity contribution < 1.29 is 9.53 Å². The lowest BCUT2D eigenvalue weighted by Crippen LogP contribution is -2.44. The highest BCUT2D eigenvalue weighted by Crippen LogP contribution is 2.20. The molecule has 1 saturated heterocycles. The van der Waals surface area contributed by atoms with Crippen molar-refractivity contribution in [3.63, 3.8) is 0 Å². The van der Waals surface area contributed by atoms with Gasteiger partial charge in [-0.1, -0.05) is 23.2 Å². The number of ether oxygens (including phenoxy) is 1. The van der Waals surface area contributed by atoms with Gasteiger partial charge in [0.1, 0.15) is 6.04 Å². The molecule has 2 rings (SSSR count). The molecule has 1 aromatic carbocycles. The van der Waals surface area contributed by atoms with Gasteiger partial charge in [-0.25, -0.2) is 0 Å². The van der Waals surface area contributed by atoms with Crippen molar-refractivity contribution in [2.75, 3.05) is 26.2 Å². The van der Waals surface area contributed by atoms with Crippen LogP contribution in [0, 0.1) is 5.92 Å². The first-order valence-corrected chi connectivity index (χ1v) is 8.89. The van der Waals surface area contributed by atoms with E-state index in [1.807, 2.05) is 19.1 Å². The number of esters is 1. The van der Waals surface area contributed by atoms with E-state index in [0.717, 1.165) is 38.0 Å². The topological polar surface area (TPSA) is 50.4 Å². The van der Waals surface area contributed by atoms with Gasteiger partial charge in [0, 0.05) is 10.0 Å². The number of halogens is 3. The average Bonchev–Trinajstić information content (AvgIpc) is 2.51. The number of hydrogen-bond donors (Lipinski definition) is 2. The highest BCUT2D eigenvalue weighted by atomic mass is 35.5. The molecular formula is C17H25Cl3N2O2. The zero-order chi connectivity index (χ0) is 16.7. The van der Waals surface area contributed by atoms with E-state index < -0.39 is 0 Å². The van der Waals surface area contributed by atoms with Crippen molar-refractivity contribution in [2.45, 2.75) is 32.2 Å².